The summed E-state index contributed by atoms with van der Waals surface area (Å²) in [6.45, 7) is 19.2. The van der Waals surface area contributed by atoms with Gasteiger partial charge in [-0.25, -0.2) is 9.55 Å². The fourth-order valence-electron chi connectivity index (χ4n) is 15.6. The van der Waals surface area contributed by atoms with E-state index >= 15 is 0 Å². The van der Waals surface area contributed by atoms with Crippen molar-refractivity contribution in [3.8, 4) is 0 Å². The molecule has 16 atom stereocenters. The minimum Gasteiger partial charge on any atom is -0.685 e. The van der Waals surface area contributed by atoms with E-state index in [1.165, 1.54) is 13.3 Å². The summed E-state index contributed by atoms with van der Waals surface area (Å²) in [6, 6.07) is 1.08. The number of imidazole rings is 1. The first-order valence-corrected chi connectivity index (χ1v) is 32.1. The Kier molecular flexibility index (Phi) is 21.4. The second-order valence-electron chi connectivity index (χ2n) is 27.1. The van der Waals surface area contributed by atoms with Crippen LogP contribution in [0.15, 0.2) is 64.0 Å². The minimum absolute atomic E-state index is 0. The summed E-state index contributed by atoms with van der Waals surface area (Å²) in [5, 5.41) is 46.7. The van der Waals surface area contributed by atoms with Gasteiger partial charge in [0.05, 0.1) is 30.1 Å². The van der Waals surface area contributed by atoms with Gasteiger partial charge in [-0.3, -0.25) is 42.6 Å². The number of hydrogen-bond donors (Lipinski definition) is 10. The Bertz CT molecular complexity index is 3420. The fourth-order valence-corrected chi connectivity index (χ4v) is 16.8. The zero-order valence-electron chi connectivity index (χ0n) is 53.6. The van der Waals surface area contributed by atoms with Crippen molar-refractivity contribution in [1.29, 1.82) is 0 Å². The monoisotopic (exact) mass is 1330 g/mol. The summed E-state index contributed by atoms with van der Waals surface area (Å²) in [4.78, 5) is 109. The first kappa shape index (κ1) is 72.2. The van der Waals surface area contributed by atoms with E-state index in [0.29, 0.717) is 50.5 Å². The number of aryl methyl sites for hydroxylation is 2. The molecule has 1 radical (unpaired) electrons. The number of phosphoric acid groups is 1. The number of aliphatic hydroxyl groups is 2. The number of benzene rings is 1. The van der Waals surface area contributed by atoms with E-state index in [9.17, 15) is 53.2 Å². The number of aliphatic hydroxyl groups excluding tert-OH is 2. The van der Waals surface area contributed by atoms with Crippen molar-refractivity contribution in [2.45, 2.75) is 201 Å². The fraction of sp³-hybridized carbons (Fsp3) is 0.645. The molecular formula is C62H90CoN13O14P-4. The SMILES string of the molecule is C/C1=C2/[N-][C@H]([C@H](CC(N)=O)[C@@]2(C)CCC(=O)NC[C@@H](C)OP(=O)(O)O[C@H]2[C@@H](O)[C@@H](n3cnc4cc(C)c(C)cc43)O[C@@H]2CO)[C@]2(C)[N-]C(/C(C)=C3\[N-]C(/C=C4\[N-]C1=C(CCC(N)=O)C4(C)C)[C@@H](CCC(N)=O)[C@]3(C)CC(N)=O)[C@@H](CCC(N)=O)[C@]2(C)CC(N)=O.[Co]. The minimum atomic E-state index is -5.07. The van der Waals surface area contributed by atoms with Gasteiger partial charge in [-0.1, -0.05) is 58.7 Å². The van der Waals surface area contributed by atoms with Gasteiger partial charge >= 0.3 is 7.82 Å². The summed E-state index contributed by atoms with van der Waals surface area (Å²) in [6.07, 6.45) is -4.31. The molecule has 4 saturated heterocycles. The van der Waals surface area contributed by atoms with Gasteiger partial charge in [0.15, 0.2) is 6.23 Å². The number of rotatable bonds is 26. The Morgan fingerprint density at radius 3 is 2.01 bits per heavy atom. The Balaban J connectivity index is 0.0000118. The summed E-state index contributed by atoms with van der Waals surface area (Å²) < 4.78 is 32.3. The molecule has 0 aliphatic carbocycles. The average Bonchev–Trinajstić information content (AvgIpc) is 1.53. The zero-order valence-corrected chi connectivity index (χ0v) is 55.5. The van der Waals surface area contributed by atoms with Crippen LogP contribution in [-0.2, 0) is 68.7 Å². The van der Waals surface area contributed by atoms with Crippen LogP contribution in [-0.4, -0.2) is 127 Å². The Morgan fingerprint density at radius 2 is 1.42 bits per heavy atom. The van der Waals surface area contributed by atoms with E-state index in [1.807, 2.05) is 87.4 Å². The second kappa shape index (κ2) is 27.0. The number of nitrogens with zero attached hydrogens (tertiary/aromatic N) is 6. The molecule has 4 fully saturated rings. The van der Waals surface area contributed by atoms with Crippen molar-refractivity contribution >= 4 is 60.2 Å². The predicted molar refractivity (Wildman–Crippen MR) is 333 cm³/mol. The number of primary amides is 6. The molecule has 1 aromatic carbocycles. The van der Waals surface area contributed by atoms with Crippen molar-refractivity contribution in [1.82, 2.24) is 14.9 Å². The number of nitrogens with two attached hydrogens (primary N) is 6. The number of nitrogens with one attached hydrogen (secondary N) is 1. The topological polar surface area (TPSA) is 467 Å². The van der Waals surface area contributed by atoms with Crippen molar-refractivity contribution in [3.63, 3.8) is 0 Å². The molecular weight excluding hydrogens is 1240 g/mol. The molecule has 29 heteroatoms. The van der Waals surface area contributed by atoms with Gasteiger partial charge in [0.25, 0.3) is 0 Å². The molecule has 2 aromatic rings. The van der Waals surface area contributed by atoms with Crippen LogP contribution >= 0.6 is 7.82 Å². The van der Waals surface area contributed by atoms with Crippen LogP contribution in [0, 0.1) is 53.3 Å². The molecule has 0 saturated carbocycles. The molecule has 6 aliphatic heterocycles. The molecule has 7 amide bonds. The van der Waals surface area contributed by atoms with E-state index < -0.39 is 150 Å². The number of ether oxygens (including phenoxy) is 1. The third-order valence-electron chi connectivity index (χ3n) is 20.7. The van der Waals surface area contributed by atoms with E-state index in [4.69, 9.17) is 69.5 Å². The molecule has 1 aromatic heterocycles. The van der Waals surface area contributed by atoms with Gasteiger partial charge in [0.2, 0.25) is 41.4 Å². The molecule has 7 heterocycles. The molecule has 505 valence electrons. The van der Waals surface area contributed by atoms with E-state index in [2.05, 4.69) is 10.3 Å². The van der Waals surface area contributed by atoms with Gasteiger partial charge < -0.3 is 85.4 Å². The van der Waals surface area contributed by atoms with Gasteiger partial charge in [-0.2, -0.15) is 17.1 Å². The molecule has 8 bridgehead atoms. The Hall–Kier alpha value is -6.20. The number of carbonyl (C=O) groups is 7. The summed E-state index contributed by atoms with van der Waals surface area (Å²) in [5.41, 5.74) is 36.8. The molecule has 3 unspecified atom stereocenters. The largest absolute Gasteiger partial charge is 0.685 e. The quantitative estimate of drug-likeness (QED) is 0.0547. The van der Waals surface area contributed by atoms with E-state index in [-0.39, 0.29) is 94.0 Å². The number of fused-ring (bicyclic) bond motifs is 10. The van der Waals surface area contributed by atoms with Crippen molar-refractivity contribution in [2.24, 2.45) is 73.8 Å². The number of phosphoric ester groups is 1. The number of hydrogen-bond acceptors (Lipinski definition) is 14. The van der Waals surface area contributed by atoms with Crippen LogP contribution in [0.3, 0.4) is 0 Å². The number of aromatic nitrogens is 2. The summed E-state index contributed by atoms with van der Waals surface area (Å²) in [7, 11) is -5.07. The van der Waals surface area contributed by atoms with Crippen molar-refractivity contribution in [2.75, 3.05) is 13.2 Å². The smallest absolute Gasteiger partial charge is 0.472 e. The Morgan fingerprint density at radius 1 is 0.802 bits per heavy atom. The van der Waals surface area contributed by atoms with Crippen LogP contribution in [0.25, 0.3) is 32.3 Å². The molecule has 16 N–H and O–H groups in total. The van der Waals surface area contributed by atoms with Gasteiger partial charge in [0, 0.05) is 68.3 Å². The standard InChI is InChI=1S/C62H90N13O14P.Co/c1-29-20-39-40(21-30(29)2)75(28-70-39)57-52(84)53(41(27-76)87-57)89-90(85,86)88-31(3)26-69-49(83)18-19-59(8)37(22-46(66)80)56-62(11)61(10,25-48(68)82)36(14-17-45(65)79)51(74-62)33(5)55-60(9,24-47(67)81)34(12-15-43(63)77)38(71-55)23-42-58(6,7)35(13-16-44(64)78)50(72-42)32(4)54(59)73-56;/h20-21,23,28,31,34,36-38,41,51-53,56-57,76,84H,12-19,22,24-27H2,1-11H3,(H2,63,77)(H2,64,78)(H2,65,79)(H2,66,80)(H2,67,81)(H2,68,82)(H,69,83)(H,85,86);/q-4;/b42-23-,54-32-,55-33-;/t31-,34-,36-,37+,38?,41-,51?,52-,53-,56-,57+,59-,60+,61+,62+;/m1./s1. The van der Waals surface area contributed by atoms with Crippen LogP contribution < -0.4 is 39.7 Å². The number of amides is 7. The van der Waals surface area contributed by atoms with Crippen molar-refractivity contribution in [3.05, 3.63) is 96.4 Å². The number of allylic oxidation sites excluding steroid dienone is 4. The van der Waals surface area contributed by atoms with Crippen LogP contribution in [0.2, 0.25) is 0 Å². The van der Waals surface area contributed by atoms with Crippen molar-refractivity contribution < 1.29 is 83.8 Å². The first-order valence-electron chi connectivity index (χ1n) is 30.6. The van der Waals surface area contributed by atoms with E-state index in [0.717, 1.165) is 11.1 Å². The first-order chi connectivity index (χ1) is 41.8. The third kappa shape index (κ3) is 13.9. The summed E-state index contributed by atoms with van der Waals surface area (Å²) in [5.74, 6) is -6.57. The van der Waals surface area contributed by atoms with Crippen LogP contribution in [0.5, 0.6) is 0 Å². The maximum atomic E-state index is 14.4. The maximum Gasteiger partial charge on any atom is 0.472 e. The maximum absolute atomic E-state index is 14.4. The molecule has 0 spiro atoms. The van der Waals surface area contributed by atoms with Crippen LogP contribution in [0.1, 0.15) is 150 Å². The predicted octanol–water partition coefficient (Wildman–Crippen LogP) is 5.12. The van der Waals surface area contributed by atoms with Gasteiger partial charge in [-0.15, -0.1) is 35.0 Å². The van der Waals surface area contributed by atoms with Gasteiger partial charge in [-0.05, 0) is 123 Å². The summed E-state index contributed by atoms with van der Waals surface area (Å²) >= 11 is 0. The van der Waals surface area contributed by atoms with E-state index in [1.54, 1.807) is 4.57 Å². The molecule has 8 rings (SSSR count). The van der Waals surface area contributed by atoms with Crippen LogP contribution in [0.4, 0.5) is 0 Å². The molecule has 91 heavy (non-hydrogen) atoms. The second-order valence-corrected chi connectivity index (χ2v) is 28.5. The average molecular weight is 1330 g/mol. The number of carbonyl (C=O) groups excluding carboxylic acids is 7. The third-order valence-corrected chi connectivity index (χ3v) is 21.8. The zero-order chi connectivity index (χ0) is 66.7. The Labute approximate surface area is 541 Å². The molecule has 6 aliphatic rings. The van der Waals surface area contributed by atoms with Gasteiger partial charge in [0.1, 0.15) is 18.3 Å². The normalized spacial score (nSPS) is 34.7. The molecule has 27 nitrogen and oxygen atoms in total.